The zero-order chi connectivity index (χ0) is 12.2. The third-order valence-corrected chi connectivity index (χ3v) is 3.53. The Labute approximate surface area is 96.6 Å². The van der Waals surface area contributed by atoms with Crippen LogP contribution in [0, 0.1) is 5.41 Å². The van der Waals surface area contributed by atoms with Gasteiger partial charge in [0.2, 0.25) is 0 Å². The highest BCUT2D eigenvalue weighted by molar-refractivity contribution is 5.71. The number of aliphatic hydroxyl groups is 1. The van der Waals surface area contributed by atoms with Crippen LogP contribution in [0.4, 0.5) is 4.79 Å². The van der Waals surface area contributed by atoms with Crippen LogP contribution in [0.2, 0.25) is 0 Å². The van der Waals surface area contributed by atoms with Gasteiger partial charge in [0, 0.05) is 6.54 Å². The Morgan fingerprint density at radius 1 is 1.44 bits per heavy atom. The summed E-state index contributed by atoms with van der Waals surface area (Å²) in [6.07, 6.45) is 1.51. The van der Waals surface area contributed by atoms with Crippen LogP contribution in [0.25, 0.3) is 0 Å². The van der Waals surface area contributed by atoms with E-state index in [1.54, 1.807) is 4.90 Å². The Bertz CT molecular complexity index is 313. The molecule has 0 atom stereocenters. The van der Waals surface area contributed by atoms with E-state index in [2.05, 4.69) is 6.92 Å². The highest BCUT2D eigenvalue weighted by Gasteiger charge is 2.64. The molecule has 92 valence electrons. The first-order valence-electron chi connectivity index (χ1n) is 5.81. The van der Waals surface area contributed by atoms with Crippen molar-refractivity contribution in [2.45, 2.75) is 51.7 Å². The molecule has 2 heterocycles. The molecule has 2 bridgehead atoms. The van der Waals surface area contributed by atoms with E-state index >= 15 is 0 Å². The Balaban J connectivity index is 2.08. The summed E-state index contributed by atoms with van der Waals surface area (Å²) in [4.78, 5) is 13.7. The van der Waals surface area contributed by atoms with Crippen LogP contribution in [-0.4, -0.2) is 40.4 Å². The predicted molar refractivity (Wildman–Crippen MR) is 60.1 cm³/mol. The zero-order valence-electron chi connectivity index (χ0n) is 10.5. The Hall–Kier alpha value is -0.770. The highest BCUT2D eigenvalue weighted by Crippen LogP contribution is 2.59. The predicted octanol–water partition coefficient (Wildman–Crippen LogP) is 1.77. The van der Waals surface area contributed by atoms with E-state index in [0.717, 1.165) is 12.8 Å². The minimum Gasteiger partial charge on any atom is -0.444 e. The van der Waals surface area contributed by atoms with Crippen LogP contribution < -0.4 is 0 Å². The second kappa shape index (κ2) is 3.13. The fourth-order valence-electron chi connectivity index (χ4n) is 3.16. The molecule has 1 aliphatic carbocycles. The van der Waals surface area contributed by atoms with Crippen molar-refractivity contribution in [3.63, 3.8) is 0 Å². The van der Waals surface area contributed by atoms with Gasteiger partial charge in [-0.15, -0.1) is 0 Å². The van der Waals surface area contributed by atoms with Crippen LogP contribution >= 0.6 is 0 Å². The van der Waals surface area contributed by atoms with E-state index in [4.69, 9.17) is 4.74 Å². The summed E-state index contributed by atoms with van der Waals surface area (Å²) in [5.41, 5.74) is -0.613. The van der Waals surface area contributed by atoms with Crippen molar-refractivity contribution in [3.05, 3.63) is 0 Å². The minimum atomic E-state index is -0.471. The van der Waals surface area contributed by atoms with E-state index in [9.17, 15) is 9.90 Å². The maximum Gasteiger partial charge on any atom is 0.410 e. The van der Waals surface area contributed by atoms with Gasteiger partial charge in [-0.2, -0.15) is 0 Å². The third-order valence-electron chi connectivity index (χ3n) is 3.53. The lowest BCUT2D eigenvalue weighted by atomic mass is 9.63. The second-order valence-corrected chi connectivity index (χ2v) is 6.61. The SMILES string of the molecule is CC12CN(C(=O)OC(C)(C)C)C(CO)(C1)C2. The molecule has 0 aromatic rings. The van der Waals surface area contributed by atoms with Gasteiger partial charge >= 0.3 is 6.09 Å². The lowest BCUT2D eigenvalue weighted by molar-refractivity contribution is -0.0170. The zero-order valence-corrected chi connectivity index (χ0v) is 10.5. The molecule has 3 aliphatic rings. The Morgan fingerprint density at radius 3 is 2.44 bits per heavy atom. The number of amides is 1. The number of fused-ring (bicyclic) bond motifs is 1. The lowest BCUT2D eigenvalue weighted by Gasteiger charge is -2.44. The first kappa shape index (κ1) is 11.7. The van der Waals surface area contributed by atoms with E-state index < -0.39 is 5.60 Å². The molecule has 0 aromatic carbocycles. The van der Waals surface area contributed by atoms with Gasteiger partial charge in [-0.1, -0.05) is 6.92 Å². The molecule has 4 nitrogen and oxygen atoms in total. The van der Waals surface area contributed by atoms with Crippen molar-refractivity contribution in [2.24, 2.45) is 5.41 Å². The molecule has 2 aliphatic heterocycles. The number of ether oxygens (including phenoxy) is 1. The summed E-state index contributed by atoms with van der Waals surface area (Å²) in [7, 11) is 0. The molecule has 0 spiro atoms. The number of hydrogen-bond acceptors (Lipinski definition) is 3. The summed E-state index contributed by atoms with van der Waals surface area (Å²) in [6.45, 7) is 8.49. The molecule has 2 saturated heterocycles. The minimum absolute atomic E-state index is 0.0435. The maximum atomic E-state index is 12.0. The molecular formula is C12H21NO3. The largest absolute Gasteiger partial charge is 0.444 e. The van der Waals surface area contributed by atoms with Crippen LogP contribution in [0.3, 0.4) is 0 Å². The van der Waals surface area contributed by atoms with E-state index in [-0.39, 0.29) is 23.7 Å². The van der Waals surface area contributed by atoms with Crippen LogP contribution in [0.5, 0.6) is 0 Å². The second-order valence-electron chi connectivity index (χ2n) is 6.61. The van der Waals surface area contributed by atoms with Crippen molar-refractivity contribution >= 4 is 6.09 Å². The quantitative estimate of drug-likeness (QED) is 0.742. The van der Waals surface area contributed by atoms with E-state index in [1.807, 2.05) is 20.8 Å². The van der Waals surface area contributed by atoms with Crippen molar-refractivity contribution in [1.29, 1.82) is 0 Å². The summed E-state index contributed by atoms with van der Waals surface area (Å²) in [5.74, 6) is 0. The van der Waals surface area contributed by atoms with Gasteiger partial charge in [0.25, 0.3) is 0 Å². The van der Waals surface area contributed by atoms with E-state index in [0.29, 0.717) is 6.54 Å². The van der Waals surface area contributed by atoms with Crippen LogP contribution in [0.15, 0.2) is 0 Å². The molecular weight excluding hydrogens is 206 g/mol. The average Bonchev–Trinajstić information content (AvgIpc) is 2.50. The molecule has 0 aromatic heterocycles. The first-order valence-corrected chi connectivity index (χ1v) is 5.81. The molecule has 3 fully saturated rings. The van der Waals surface area contributed by atoms with Crippen molar-refractivity contribution in [2.75, 3.05) is 13.2 Å². The van der Waals surface area contributed by atoms with Gasteiger partial charge in [-0.3, -0.25) is 4.90 Å². The van der Waals surface area contributed by atoms with Crippen molar-refractivity contribution in [3.8, 4) is 0 Å². The topological polar surface area (TPSA) is 49.8 Å². The van der Waals surface area contributed by atoms with Crippen LogP contribution in [-0.2, 0) is 4.74 Å². The number of carbonyl (C=O) groups is 1. The molecule has 0 radical (unpaired) electrons. The molecule has 1 saturated carbocycles. The van der Waals surface area contributed by atoms with Gasteiger partial charge in [-0.05, 0) is 39.0 Å². The normalized spacial score (nSPS) is 37.2. The molecule has 1 N–H and O–H groups in total. The molecule has 4 heteroatoms. The molecule has 1 amide bonds. The Morgan fingerprint density at radius 2 is 2.00 bits per heavy atom. The fraction of sp³-hybridized carbons (Fsp3) is 0.917. The number of rotatable bonds is 1. The maximum absolute atomic E-state index is 12.0. The monoisotopic (exact) mass is 227 g/mol. The van der Waals surface area contributed by atoms with Crippen LogP contribution in [0.1, 0.15) is 40.5 Å². The Kier molecular flexibility index (Phi) is 2.29. The van der Waals surface area contributed by atoms with Gasteiger partial charge in [0.1, 0.15) is 5.60 Å². The van der Waals surface area contributed by atoms with Crippen molar-refractivity contribution in [1.82, 2.24) is 4.90 Å². The molecule has 16 heavy (non-hydrogen) atoms. The summed E-state index contributed by atoms with van der Waals surface area (Å²) in [5, 5.41) is 9.45. The third kappa shape index (κ3) is 1.69. The number of nitrogens with zero attached hydrogens (tertiary/aromatic N) is 1. The number of carbonyl (C=O) groups excluding carboxylic acids is 1. The number of hydrogen-bond donors (Lipinski definition) is 1. The van der Waals surface area contributed by atoms with Gasteiger partial charge in [0.05, 0.1) is 12.1 Å². The fourth-order valence-corrected chi connectivity index (χ4v) is 3.16. The number of aliphatic hydroxyl groups excluding tert-OH is 1. The summed E-state index contributed by atoms with van der Waals surface area (Å²) in [6, 6.07) is 0. The first-order chi connectivity index (χ1) is 7.20. The summed E-state index contributed by atoms with van der Waals surface area (Å²) >= 11 is 0. The molecule has 3 rings (SSSR count). The molecule has 0 unspecified atom stereocenters. The summed E-state index contributed by atoms with van der Waals surface area (Å²) < 4.78 is 5.37. The van der Waals surface area contributed by atoms with Gasteiger partial charge in [-0.25, -0.2) is 4.79 Å². The average molecular weight is 227 g/mol. The highest BCUT2D eigenvalue weighted by atomic mass is 16.6. The smallest absolute Gasteiger partial charge is 0.410 e. The lowest BCUT2D eigenvalue weighted by Crippen LogP contribution is -2.53. The van der Waals surface area contributed by atoms with Gasteiger partial charge in [0.15, 0.2) is 0 Å². The van der Waals surface area contributed by atoms with Gasteiger partial charge < -0.3 is 9.84 Å². The van der Waals surface area contributed by atoms with Crippen molar-refractivity contribution < 1.29 is 14.6 Å². The standard InChI is InChI=1S/C12H21NO3/c1-10(2,3)16-9(15)13-7-11(4)5-12(13,6-11)8-14/h14H,5-8H2,1-4H3. The van der Waals surface area contributed by atoms with E-state index in [1.165, 1.54) is 0 Å².